The molecule has 0 unspecified atom stereocenters. The van der Waals surface area contributed by atoms with E-state index in [0.717, 1.165) is 25.9 Å². The highest BCUT2D eigenvalue weighted by atomic mass is 16.5. The van der Waals surface area contributed by atoms with E-state index in [0.29, 0.717) is 23.9 Å². The molecule has 0 amide bonds. The van der Waals surface area contributed by atoms with Crippen LogP contribution < -0.4 is 14.4 Å². The summed E-state index contributed by atoms with van der Waals surface area (Å²) >= 11 is 0. The monoisotopic (exact) mass is 310 g/mol. The second kappa shape index (κ2) is 7.58. The maximum absolute atomic E-state index is 9.23. The Hall–Kier alpha value is -1.63. The van der Waals surface area contributed by atoms with Crippen molar-refractivity contribution in [1.82, 2.24) is 15.0 Å². The highest BCUT2D eigenvalue weighted by molar-refractivity contribution is 5.32. The van der Waals surface area contributed by atoms with Gasteiger partial charge in [0.1, 0.15) is 0 Å². The van der Waals surface area contributed by atoms with Crippen molar-refractivity contribution in [2.75, 3.05) is 24.6 Å². The Balaban J connectivity index is 2.18. The number of hydrogen-bond donors (Lipinski definition) is 1. The van der Waals surface area contributed by atoms with Crippen LogP contribution in [-0.4, -0.2) is 52.0 Å². The Labute approximate surface area is 131 Å². The van der Waals surface area contributed by atoms with Gasteiger partial charge in [0.25, 0.3) is 0 Å². The molecule has 7 nitrogen and oxygen atoms in total. The van der Waals surface area contributed by atoms with Gasteiger partial charge in [0.05, 0.1) is 12.2 Å². The summed E-state index contributed by atoms with van der Waals surface area (Å²) in [5.41, 5.74) is 0. The molecule has 1 fully saturated rings. The maximum atomic E-state index is 9.23. The van der Waals surface area contributed by atoms with Crippen molar-refractivity contribution < 1.29 is 14.6 Å². The normalized spacial score (nSPS) is 16.4. The Morgan fingerprint density at radius 3 is 1.91 bits per heavy atom. The summed E-state index contributed by atoms with van der Waals surface area (Å²) in [6, 6.07) is 0.583. The highest BCUT2D eigenvalue weighted by Crippen LogP contribution is 2.23. The van der Waals surface area contributed by atoms with Crippen molar-refractivity contribution in [2.45, 2.75) is 52.7 Å². The molecular formula is C15H26N4O3. The molecule has 1 aliphatic heterocycles. The summed E-state index contributed by atoms with van der Waals surface area (Å²) < 4.78 is 11.2. The number of nitrogens with zero attached hydrogens (tertiary/aromatic N) is 4. The summed E-state index contributed by atoms with van der Waals surface area (Å²) in [4.78, 5) is 15.1. The lowest BCUT2D eigenvalue weighted by atomic mass is 9.98. The summed E-state index contributed by atoms with van der Waals surface area (Å²) in [5, 5.41) is 9.23. The highest BCUT2D eigenvalue weighted by Gasteiger charge is 2.22. The van der Waals surface area contributed by atoms with Crippen LogP contribution >= 0.6 is 0 Å². The van der Waals surface area contributed by atoms with Crippen LogP contribution in [0.2, 0.25) is 0 Å². The molecular weight excluding hydrogens is 284 g/mol. The molecule has 1 N–H and O–H groups in total. The molecule has 0 saturated carbocycles. The first-order chi connectivity index (χ1) is 10.5. The zero-order valence-electron chi connectivity index (χ0n) is 13.8. The van der Waals surface area contributed by atoms with E-state index in [1.54, 1.807) is 0 Å². The van der Waals surface area contributed by atoms with Crippen LogP contribution in [-0.2, 0) is 0 Å². The van der Waals surface area contributed by atoms with Gasteiger partial charge in [-0.05, 0) is 46.5 Å². The summed E-state index contributed by atoms with van der Waals surface area (Å²) in [6.45, 7) is 9.60. The molecule has 1 aromatic heterocycles. The van der Waals surface area contributed by atoms with Gasteiger partial charge in [-0.3, -0.25) is 0 Å². The minimum Gasteiger partial charge on any atom is -0.461 e. The van der Waals surface area contributed by atoms with Crippen LogP contribution in [0.5, 0.6) is 12.0 Å². The van der Waals surface area contributed by atoms with Crippen molar-refractivity contribution in [3.8, 4) is 12.0 Å². The minimum atomic E-state index is -0.0118. The summed E-state index contributed by atoms with van der Waals surface area (Å²) in [5.74, 6) is 0.952. The van der Waals surface area contributed by atoms with E-state index < -0.39 is 0 Å². The molecule has 0 aliphatic carbocycles. The second-order valence-electron chi connectivity index (χ2n) is 6.15. The molecule has 124 valence electrons. The van der Waals surface area contributed by atoms with Crippen LogP contribution in [0.4, 0.5) is 5.95 Å². The smallest absolute Gasteiger partial charge is 0.324 e. The SMILES string of the molecule is CC(C)Oc1nc(OC(C)C)nc(N2CCC(CO)CC2)n1. The van der Waals surface area contributed by atoms with Gasteiger partial charge in [-0.1, -0.05) is 0 Å². The van der Waals surface area contributed by atoms with Crippen LogP contribution in [0.25, 0.3) is 0 Å². The van der Waals surface area contributed by atoms with Crippen LogP contribution in [0, 0.1) is 5.92 Å². The van der Waals surface area contributed by atoms with Crippen molar-refractivity contribution in [2.24, 2.45) is 5.92 Å². The average Bonchev–Trinajstić information content (AvgIpc) is 2.45. The molecule has 0 atom stereocenters. The first kappa shape index (κ1) is 16.7. The van der Waals surface area contributed by atoms with Crippen molar-refractivity contribution in [3.05, 3.63) is 0 Å². The number of anilines is 1. The van der Waals surface area contributed by atoms with Crippen molar-refractivity contribution in [1.29, 1.82) is 0 Å². The van der Waals surface area contributed by atoms with Crippen LogP contribution in [0.1, 0.15) is 40.5 Å². The predicted octanol–water partition coefficient (Wildman–Crippen LogP) is 1.65. The lowest BCUT2D eigenvalue weighted by Crippen LogP contribution is -2.36. The van der Waals surface area contributed by atoms with Gasteiger partial charge in [-0.25, -0.2) is 0 Å². The number of rotatable bonds is 6. The zero-order valence-corrected chi connectivity index (χ0v) is 13.8. The molecule has 2 rings (SSSR count). The first-order valence-corrected chi connectivity index (χ1v) is 7.93. The third-order valence-electron chi connectivity index (χ3n) is 3.42. The third-order valence-corrected chi connectivity index (χ3v) is 3.42. The van der Waals surface area contributed by atoms with Gasteiger partial charge in [-0.15, -0.1) is 4.98 Å². The predicted molar refractivity (Wildman–Crippen MR) is 83.4 cm³/mol. The minimum absolute atomic E-state index is 0.0118. The van der Waals surface area contributed by atoms with E-state index in [1.165, 1.54) is 0 Å². The van der Waals surface area contributed by atoms with E-state index in [9.17, 15) is 5.11 Å². The number of piperidine rings is 1. The summed E-state index contributed by atoms with van der Waals surface area (Å²) in [7, 11) is 0. The molecule has 22 heavy (non-hydrogen) atoms. The third kappa shape index (κ3) is 4.69. The van der Waals surface area contributed by atoms with Gasteiger partial charge in [0.2, 0.25) is 5.95 Å². The fourth-order valence-electron chi connectivity index (χ4n) is 2.31. The zero-order chi connectivity index (χ0) is 16.1. The average molecular weight is 310 g/mol. The Bertz CT molecular complexity index is 446. The molecule has 0 radical (unpaired) electrons. The van der Waals surface area contributed by atoms with E-state index in [2.05, 4.69) is 19.9 Å². The van der Waals surface area contributed by atoms with Crippen molar-refractivity contribution in [3.63, 3.8) is 0 Å². The topological polar surface area (TPSA) is 80.6 Å². The van der Waals surface area contributed by atoms with E-state index in [-0.39, 0.29) is 18.8 Å². The number of ether oxygens (including phenoxy) is 2. The number of aliphatic hydroxyl groups excluding tert-OH is 1. The standard InChI is InChI=1S/C15H26N4O3/c1-10(2)21-14-16-13(17-15(18-14)22-11(3)4)19-7-5-12(9-20)6-8-19/h10-12,20H,5-9H2,1-4H3. The van der Waals surface area contributed by atoms with Gasteiger partial charge < -0.3 is 19.5 Å². The lowest BCUT2D eigenvalue weighted by Gasteiger charge is -2.31. The molecule has 1 saturated heterocycles. The Kier molecular flexibility index (Phi) is 5.76. The van der Waals surface area contributed by atoms with E-state index in [4.69, 9.17) is 9.47 Å². The molecule has 2 heterocycles. The van der Waals surface area contributed by atoms with Crippen LogP contribution in [0.3, 0.4) is 0 Å². The Morgan fingerprint density at radius 2 is 1.50 bits per heavy atom. The maximum Gasteiger partial charge on any atom is 0.324 e. The Morgan fingerprint density at radius 1 is 1.00 bits per heavy atom. The molecule has 1 aromatic rings. The van der Waals surface area contributed by atoms with E-state index >= 15 is 0 Å². The number of aliphatic hydroxyl groups is 1. The first-order valence-electron chi connectivity index (χ1n) is 7.93. The summed E-state index contributed by atoms with van der Waals surface area (Å²) in [6.07, 6.45) is 1.84. The molecule has 1 aliphatic rings. The molecule has 0 spiro atoms. The van der Waals surface area contributed by atoms with Crippen LogP contribution in [0.15, 0.2) is 0 Å². The quantitative estimate of drug-likeness (QED) is 0.855. The number of aromatic nitrogens is 3. The van der Waals surface area contributed by atoms with E-state index in [1.807, 2.05) is 27.7 Å². The molecule has 0 aromatic carbocycles. The largest absolute Gasteiger partial charge is 0.461 e. The van der Waals surface area contributed by atoms with Gasteiger partial charge >= 0.3 is 12.0 Å². The van der Waals surface area contributed by atoms with Crippen molar-refractivity contribution >= 4 is 5.95 Å². The molecule has 0 bridgehead atoms. The fraction of sp³-hybridized carbons (Fsp3) is 0.800. The van der Waals surface area contributed by atoms with Gasteiger partial charge in [0.15, 0.2) is 0 Å². The molecule has 7 heteroatoms. The number of hydrogen-bond acceptors (Lipinski definition) is 7. The van der Waals surface area contributed by atoms with Gasteiger partial charge in [-0.2, -0.15) is 9.97 Å². The lowest BCUT2D eigenvalue weighted by molar-refractivity contribution is 0.193. The fourth-order valence-corrected chi connectivity index (χ4v) is 2.31. The van der Waals surface area contributed by atoms with Gasteiger partial charge in [0, 0.05) is 19.7 Å². The second-order valence-corrected chi connectivity index (χ2v) is 6.15.